The molecular formula is C18H32N2O7. The van der Waals surface area contributed by atoms with Crippen molar-refractivity contribution >= 4 is 5.91 Å². The Bertz CT molecular complexity index is 550. The standard InChI is InChI=1S/C18H32N2O7/c1-5-9-13(22)12(19-4)15-16(14(9)23)26-17-18(24,27-15)10(7-8(3)25-17)20-11(21)6-2/h8-10,12-17,19,22-24H,5-7H2,1-4H3,(H,20,21)/t8-,9-,10-,12+,13+,14+,15?,16?,17?,18+/m1/s1. The monoisotopic (exact) mass is 388 g/mol. The van der Waals surface area contributed by atoms with Crippen molar-refractivity contribution in [2.75, 3.05) is 7.05 Å². The van der Waals surface area contributed by atoms with Gasteiger partial charge in [-0.3, -0.25) is 4.79 Å². The van der Waals surface area contributed by atoms with Crippen LogP contribution in [0.15, 0.2) is 0 Å². The summed E-state index contributed by atoms with van der Waals surface area (Å²) in [6.07, 6.45) is -3.64. The molecule has 3 rings (SSSR count). The Morgan fingerprint density at radius 3 is 2.48 bits per heavy atom. The number of ether oxygens (including phenoxy) is 3. The van der Waals surface area contributed by atoms with Crippen molar-refractivity contribution in [3.05, 3.63) is 0 Å². The number of hydrogen-bond acceptors (Lipinski definition) is 8. The van der Waals surface area contributed by atoms with Gasteiger partial charge in [-0.2, -0.15) is 0 Å². The summed E-state index contributed by atoms with van der Waals surface area (Å²) in [6.45, 7) is 5.44. The van der Waals surface area contributed by atoms with E-state index in [1.807, 2.05) is 13.8 Å². The summed E-state index contributed by atoms with van der Waals surface area (Å²) >= 11 is 0. The number of aliphatic hydroxyl groups is 3. The van der Waals surface area contributed by atoms with E-state index in [-0.39, 0.29) is 18.4 Å². The predicted molar refractivity (Wildman–Crippen MR) is 94.5 cm³/mol. The molecule has 0 aromatic heterocycles. The van der Waals surface area contributed by atoms with E-state index in [4.69, 9.17) is 14.2 Å². The molecule has 3 unspecified atom stereocenters. The van der Waals surface area contributed by atoms with Crippen LogP contribution in [0.5, 0.6) is 0 Å². The Balaban J connectivity index is 1.91. The number of amides is 1. The first-order valence-electron chi connectivity index (χ1n) is 9.80. The maximum atomic E-state index is 11.9. The maximum Gasteiger partial charge on any atom is 0.239 e. The number of hydrogen-bond donors (Lipinski definition) is 5. The van der Waals surface area contributed by atoms with Crippen molar-refractivity contribution in [2.45, 2.75) is 94.7 Å². The van der Waals surface area contributed by atoms with Crippen LogP contribution < -0.4 is 10.6 Å². The van der Waals surface area contributed by atoms with Crippen molar-refractivity contribution in [2.24, 2.45) is 5.92 Å². The number of aliphatic hydroxyl groups excluding tert-OH is 2. The van der Waals surface area contributed by atoms with Crippen molar-refractivity contribution in [3.8, 4) is 0 Å². The summed E-state index contributed by atoms with van der Waals surface area (Å²) < 4.78 is 17.8. The van der Waals surface area contributed by atoms with E-state index in [0.29, 0.717) is 12.8 Å². The third-order valence-electron chi connectivity index (χ3n) is 6.09. The van der Waals surface area contributed by atoms with Gasteiger partial charge in [0.05, 0.1) is 30.4 Å². The zero-order valence-corrected chi connectivity index (χ0v) is 16.3. The van der Waals surface area contributed by atoms with Crippen LogP contribution in [0.25, 0.3) is 0 Å². The van der Waals surface area contributed by atoms with Gasteiger partial charge in [0, 0.05) is 12.3 Å². The fourth-order valence-electron chi connectivity index (χ4n) is 4.54. The predicted octanol–water partition coefficient (Wildman–Crippen LogP) is -1.16. The highest BCUT2D eigenvalue weighted by Crippen LogP contribution is 2.43. The van der Waals surface area contributed by atoms with E-state index in [9.17, 15) is 20.1 Å². The number of nitrogens with one attached hydrogen (secondary N) is 2. The fourth-order valence-corrected chi connectivity index (χ4v) is 4.54. The molecule has 27 heavy (non-hydrogen) atoms. The second-order valence-electron chi connectivity index (χ2n) is 7.79. The first-order valence-corrected chi connectivity index (χ1v) is 9.80. The lowest BCUT2D eigenvalue weighted by atomic mass is 9.74. The third kappa shape index (κ3) is 3.50. The summed E-state index contributed by atoms with van der Waals surface area (Å²) in [7, 11) is 1.69. The Kier molecular flexibility index (Phi) is 6.12. The fraction of sp³-hybridized carbons (Fsp3) is 0.944. The van der Waals surface area contributed by atoms with Crippen LogP contribution in [0, 0.1) is 5.92 Å². The lowest BCUT2D eigenvalue weighted by Gasteiger charge is -2.58. The lowest BCUT2D eigenvalue weighted by Crippen LogP contribution is -2.77. The Hall–Kier alpha value is -0.810. The summed E-state index contributed by atoms with van der Waals surface area (Å²) in [5.41, 5.74) is 0. The minimum Gasteiger partial charge on any atom is -0.391 e. The third-order valence-corrected chi connectivity index (χ3v) is 6.09. The van der Waals surface area contributed by atoms with Crippen LogP contribution in [0.2, 0.25) is 0 Å². The molecule has 1 amide bonds. The summed E-state index contributed by atoms with van der Waals surface area (Å²) in [5.74, 6) is -2.52. The molecule has 5 N–H and O–H groups in total. The van der Waals surface area contributed by atoms with E-state index < -0.39 is 54.5 Å². The van der Waals surface area contributed by atoms with Crippen LogP contribution in [0.1, 0.15) is 40.0 Å². The van der Waals surface area contributed by atoms with E-state index in [0.717, 1.165) is 0 Å². The molecule has 0 spiro atoms. The molecule has 156 valence electrons. The average Bonchev–Trinajstić information content (AvgIpc) is 2.62. The number of rotatable bonds is 4. The van der Waals surface area contributed by atoms with Gasteiger partial charge in [-0.05, 0) is 26.8 Å². The molecule has 0 aromatic rings. The Morgan fingerprint density at radius 1 is 1.19 bits per heavy atom. The quantitative estimate of drug-likeness (QED) is 0.408. The average molecular weight is 388 g/mol. The summed E-state index contributed by atoms with van der Waals surface area (Å²) in [5, 5.41) is 38.5. The topological polar surface area (TPSA) is 130 Å². The molecule has 2 heterocycles. The lowest BCUT2D eigenvalue weighted by molar-refractivity contribution is -0.450. The van der Waals surface area contributed by atoms with Crippen LogP contribution in [0.4, 0.5) is 0 Å². The Morgan fingerprint density at radius 2 is 1.89 bits per heavy atom. The molecule has 3 aliphatic rings. The van der Waals surface area contributed by atoms with Crippen LogP contribution in [0.3, 0.4) is 0 Å². The van der Waals surface area contributed by atoms with E-state index in [1.54, 1.807) is 14.0 Å². The Labute approximate surface area is 159 Å². The number of fused-ring (bicyclic) bond motifs is 2. The number of likely N-dealkylation sites (N-methyl/N-ethyl adjacent to an activating group) is 1. The zero-order valence-electron chi connectivity index (χ0n) is 16.3. The number of carbonyl (C=O) groups is 1. The minimum absolute atomic E-state index is 0.216. The molecule has 2 aliphatic heterocycles. The van der Waals surface area contributed by atoms with Gasteiger partial charge in [0.25, 0.3) is 0 Å². The molecule has 9 nitrogen and oxygen atoms in total. The highest BCUT2D eigenvalue weighted by Gasteiger charge is 2.63. The van der Waals surface area contributed by atoms with Crippen LogP contribution >= 0.6 is 0 Å². The first kappa shape index (κ1) is 20.9. The van der Waals surface area contributed by atoms with Gasteiger partial charge in [-0.15, -0.1) is 0 Å². The molecule has 0 aromatic carbocycles. The molecule has 2 saturated heterocycles. The maximum absolute atomic E-state index is 11.9. The molecule has 0 radical (unpaired) electrons. The van der Waals surface area contributed by atoms with Crippen molar-refractivity contribution in [1.29, 1.82) is 0 Å². The van der Waals surface area contributed by atoms with Gasteiger partial charge in [0.15, 0.2) is 0 Å². The van der Waals surface area contributed by atoms with Gasteiger partial charge in [0.1, 0.15) is 12.2 Å². The molecular weight excluding hydrogens is 356 g/mol. The normalized spacial score (nSPS) is 49.8. The second-order valence-corrected chi connectivity index (χ2v) is 7.79. The summed E-state index contributed by atoms with van der Waals surface area (Å²) in [4.78, 5) is 11.9. The first-order chi connectivity index (χ1) is 12.8. The molecule has 9 heteroatoms. The van der Waals surface area contributed by atoms with Crippen molar-refractivity contribution in [1.82, 2.24) is 10.6 Å². The van der Waals surface area contributed by atoms with Crippen LogP contribution in [-0.2, 0) is 19.0 Å². The van der Waals surface area contributed by atoms with Crippen LogP contribution in [-0.4, -0.2) is 83.0 Å². The summed E-state index contributed by atoms with van der Waals surface area (Å²) in [6, 6.07) is -1.27. The molecule has 1 aliphatic carbocycles. The second kappa shape index (κ2) is 7.90. The van der Waals surface area contributed by atoms with Gasteiger partial charge in [0.2, 0.25) is 18.0 Å². The molecule has 0 bridgehead atoms. The van der Waals surface area contributed by atoms with Gasteiger partial charge in [-0.25, -0.2) is 0 Å². The SMILES string of the molecule is CCC(=O)N[C@@H]1C[C@@H](C)OC2OC3C(O[C@]21O)[C@@H](NC)[C@@H](O)[C@@H](CC)[C@@H]3O. The van der Waals surface area contributed by atoms with Gasteiger partial charge >= 0.3 is 0 Å². The van der Waals surface area contributed by atoms with E-state index in [1.165, 1.54) is 0 Å². The molecule has 3 fully saturated rings. The van der Waals surface area contributed by atoms with Gasteiger partial charge in [-0.1, -0.05) is 13.8 Å². The largest absolute Gasteiger partial charge is 0.391 e. The van der Waals surface area contributed by atoms with Crippen molar-refractivity contribution < 1.29 is 34.3 Å². The van der Waals surface area contributed by atoms with E-state index >= 15 is 0 Å². The number of carbonyl (C=O) groups excluding carboxylic acids is 1. The minimum atomic E-state index is -1.91. The van der Waals surface area contributed by atoms with E-state index in [2.05, 4.69) is 10.6 Å². The molecule has 10 atom stereocenters. The van der Waals surface area contributed by atoms with Gasteiger partial charge < -0.3 is 40.2 Å². The highest BCUT2D eigenvalue weighted by atomic mass is 16.8. The smallest absolute Gasteiger partial charge is 0.239 e. The zero-order chi connectivity index (χ0) is 19.9. The highest BCUT2D eigenvalue weighted by molar-refractivity contribution is 5.76. The molecule has 1 saturated carbocycles. The van der Waals surface area contributed by atoms with Crippen molar-refractivity contribution in [3.63, 3.8) is 0 Å².